The number of nitrogens with zero attached hydrogens (tertiary/aromatic N) is 4. The maximum atomic E-state index is 12.9. The van der Waals surface area contributed by atoms with Crippen LogP contribution in [-0.2, 0) is 4.79 Å². The van der Waals surface area contributed by atoms with Crippen molar-refractivity contribution in [3.63, 3.8) is 0 Å². The lowest BCUT2D eigenvalue weighted by atomic mass is 9.81. The van der Waals surface area contributed by atoms with E-state index in [4.69, 9.17) is 4.42 Å². The van der Waals surface area contributed by atoms with Gasteiger partial charge in [-0.3, -0.25) is 4.79 Å². The van der Waals surface area contributed by atoms with Gasteiger partial charge in [0.05, 0.1) is 11.3 Å². The van der Waals surface area contributed by atoms with Gasteiger partial charge >= 0.3 is 0 Å². The summed E-state index contributed by atoms with van der Waals surface area (Å²) < 4.78 is 5.67. The van der Waals surface area contributed by atoms with E-state index < -0.39 is 10.8 Å². The highest BCUT2D eigenvalue weighted by Crippen LogP contribution is 2.34. The summed E-state index contributed by atoms with van der Waals surface area (Å²) in [5, 5.41) is 17.7. The van der Waals surface area contributed by atoms with E-state index in [2.05, 4.69) is 16.3 Å². The average Bonchev–Trinajstić information content (AvgIpc) is 3.16. The maximum absolute atomic E-state index is 12.9. The summed E-state index contributed by atoms with van der Waals surface area (Å²) in [6, 6.07) is 11.9. The van der Waals surface area contributed by atoms with E-state index in [0.717, 1.165) is 37.7 Å². The Kier molecular flexibility index (Phi) is 5.62. The quantitative estimate of drug-likeness (QED) is 0.742. The number of thioether (sulfide) groups is 1. The van der Waals surface area contributed by atoms with Gasteiger partial charge in [0.1, 0.15) is 5.54 Å². The van der Waals surface area contributed by atoms with E-state index >= 15 is 0 Å². The number of hydrogen-bond donors (Lipinski definition) is 0. The topological polar surface area (TPSA) is 83.0 Å². The first-order chi connectivity index (χ1) is 12.6. The molecule has 0 bridgehead atoms. The highest BCUT2D eigenvalue weighted by Gasteiger charge is 2.40. The zero-order chi connectivity index (χ0) is 18.6. The second-order valence-electron chi connectivity index (χ2n) is 6.60. The molecule has 1 fully saturated rings. The molecular weight excluding hydrogens is 348 g/mol. The average molecular weight is 370 g/mol. The Labute approximate surface area is 157 Å². The van der Waals surface area contributed by atoms with Crippen molar-refractivity contribution in [2.24, 2.45) is 0 Å². The first-order valence-electron chi connectivity index (χ1n) is 8.80. The Hall–Kier alpha value is -2.33. The standard InChI is InChI=1S/C19H22N4O2S/c1-14(17(24)23(2)19(13-20)11-7-4-8-12-19)26-18-22-21-16(25-18)15-9-5-3-6-10-15/h3,5-6,9-10,14H,4,7-8,11-12H2,1-2H3/t14-/m1/s1. The first-order valence-corrected chi connectivity index (χ1v) is 9.68. The minimum Gasteiger partial charge on any atom is -0.411 e. The summed E-state index contributed by atoms with van der Waals surface area (Å²) in [5.41, 5.74) is 0.155. The molecule has 0 saturated heterocycles. The lowest BCUT2D eigenvalue weighted by molar-refractivity contribution is -0.133. The lowest BCUT2D eigenvalue weighted by Crippen LogP contribution is -2.52. The van der Waals surface area contributed by atoms with Gasteiger partial charge in [0, 0.05) is 12.6 Å². The van der Waals surface area contributed by atoms with Crippen molar-refractivity contribution in [3.05, 3.63) is 30.3 Å². The van der Waals surface area contributed by atoms with E-state index in [1.165, 1.54) is 11.8 Å². The molecule has 2 aromatic rings. The third-order valence-corrected chi connectivity index (χ3v) is 5.84. The summed E-state index contributed by atoms with van der Waals surface area (Å²) in [7, 11) is 1.73. The van der Waals surface area contributed by atoms with E-state index in [0.29, 0.717) is 11.1 Å². The van der Waals surface area contributed by atoms with Crippen molar-refractivity contribution in [2.45, 2.75) is 55.0 Å². The fourth-order valence-electron chi connectivity index (χ4n) is 3.30. The van der Waals surface area contributed by atoms with Crippen LogP contribution in [0.2, 0.25) is 0 Å². The molecule has 1 amide bonds. The third-order valence-electron chi connectivity index (χ3n) is 4.91. The molecule has 136 valence electrons. The summed E-state index contributed by atoms with van der Waals surface area (Å²) in [6.45, 7) is 1.81. The van der Waals surface area contributed by atoms with Crippen LogP contribution < -0.4 is 0 Å². The molecule has 1 aromatic carbocycles. The van der Waals surface area contributed by atoms with Crippen LogP contribution >= 0.6 is 11.8 Å². The SMILES string of the molecule is C[C@@H](Sc1nnc(-c2ccccc2)o1)C(=O)N(C)C1(C#N)CCCCC1. The summed E-state index contributed by atoms with van der Waals surface area (Å²) in [4.78, 5) is 14.5. The van der Waals surface area contributed by atoms with E-state index in [1.807, 2.05) is 37.3 Å². The number of carbonyl (C=O) groups excluding carboxylic acids is 1. The van der Waals surface area contributed by atoms with Gasteiger partial charge in [-0.1, -0.05) is 49.2 Å². The molecule has 0 aliphatic heterocycles. The molecule has 1 heterocycles. The summed E-state index contributed by atoms with van der Waals surface area (Å²) in [5.74, 6) is 0.347. The van der Waals surface area contributed by atoms with Crippen molar-refractivity contribution >= 4 is 17.7 Å². The normalized spacial score (nSPS) is 17.3. The second kappa shape index (κ2) is 7.92. The Morgan fingerprint density at radius 2 is 1.96 bits per heavy atom. The van der Waals surface area contributed by atoms with Crippen LogP contribution in [0.15, 0.2) is 40.0 Å². The highest BCUT2D eigenvalue weighted by molar-refractivity contribution is 8.00. The van der Waals surface area contributed by atoms with Crippen LogP contribution in [0.4, 0.5) is 0 Å². The van der Waals surface area contributed by atoms with Crippen LogP contribution in [0, 0.1) is 11.3 Å². The molecule has 1 saturated carbocycles. The number of aromatic nitrogens is 2. The lowest BCUT2D eigenvalue weighted by Gasteiger charge is -2.39. The Balaban J connectivity index is 1.68. The van der Waals surface area contributed by atoms with Crippen LogP contribution in [0.3, 0.4) is 0 Å². The Bertz CT molecular complexity index is 793. The van der Waals surface area contributed by atoms with Crippen LogP contribution in [0.5, 0.6) is 0 Å². The number of rotatable bonds is 5. The molecule has 1 aliphatic rings. The number of carbonyl (C=O) groups is 1. The molecule has 0 spiro atoms. The minimum absolute atomic E-state index is 0.0853. The Morgan fingerprint density at radius 1 is 1.27 bits per heavy atom. The number of amides is 1. The van der Waals surface area contributed by atoms with Gasteiger partial charge in [0.25, 0.3) is 5.22 Å². The maximum Gasteiger partial charge on any atom is 0.277 e. The third kappa shape index (κ3) is 3.75. The number of hydrogen-bond acceptors (Lipinski definition) is 6. The van der Waals surface area contributed by atoms with E-state index in [9.17, 15) is 10.1 Å². The van der Waals surface area contributed by atoms with Crippen LogP contribution in [0.1, 0.15) is 39.0 Å². The smallest absolute Gasteiger partial charge is 0.277 e. The van der Waals surface area contributed by atoms with E-state index in [-0.39, 0.29) is 5.91 Å². The molecule has 0 N–H and O–H groups in total. The zero-order valence-corrected chi connectivity index (χ0v) is 15.8. The molecule has 26 heavy (non-hydrogen) atoms. The van der Waals surface area contributed by atoms with Gasteiger partial charge in [0.15, 0.2) is 0 Å². The van der Waals surface area contributed by atoms with Gasteiger partial charge in [-0.05, 0) is 31.9 Å². The van der Waals surface area contributed by atoms with Crippen LogP contribution in [0.25, 0.3) is 11.5 Å². The fraction of sp³-hybridized carbons (Fsp3) is 0.474. The molecule has 1 atom stereocenters. The highest BCUT2D eigenvalue weighted by atomic mass is 32.2. The Morgan fingerprint density at radius 3 is 2.62 bits per heavy atom. The van der Waals surface area contributed by atoms with Gasteiger partial charge in [-0.2, -0.15) is 5.26 Å². The van der Waals surface area contributed by atoms with Crippen molar-refractivity contribution in [2.75, 3.05) is 7.05 Å². The van der Waals surface area contributed by atoms with Gasteiger partial charge in [-0.25, -0.2) is 0 Å². The van der Waals surface area contributed by atoms with Crippen molar-refractivity contribution in [3.8, 4) is 17.5 Å². The molecule has 0 unspecified atom stereocenters. The minimum atomic E-state index is -0.686. The fourth-order valence-corrected chi connectivity index (χ4v) is 4.08. The van der Waals surface area contributed by atoms with Crippen molar-refractivity contribution in [1.82, 2.24) is 15.1 Å². The molecule has 0 radical (unpaired) electrons. The molecule has 3 rings (SSSR count). The van der Waals surface area contributed by atoms with Gasteiger partial charge < -0.3 is 9.32 Å². The number of nitriles is 1. The monoisotopic (exact) mass is 370 g/mol. The number of benzene rings is 1. The largest absolute Gasteiger partial charge is 0.411 e. The van der Waals surface area contributed by atoms with Gasteiger partial charge in [0.2, 0.25) is 11.8 Å². The van der Waals surface area contributed by atoms with Crippen molar-refractivity contribution in [1.29, 1.82) is 5.26 Å². The predicted octanol–water partition coefficient (Wildman–Crippen LogP) is 3.90. The van der Waals surface area contributed by atoms with Gasteiger partial charge in [-0.15, -0.1) is 10.2 Å². The van der Waals surface area contributed by atoms with Crippen molar-refractivity contribution < 1.29 is 9.21 Å². The predicted molar refractivity (Wildman–Crippen MR) is 99.3 cm³/mol. The molecule has 7 heteroatoms. The van der Waals surface area contributed by atoms with E-state index in [1.54, 1.807) is 11.9 Å². The molecule has 1 aliphatic carbocycles. The first kappa shape index (κ1) is 18.5. The zero-order valence-electron chi connectivity index (χ0n) is 15.0. The molecule has 6 nitrogen and oxygen atoms in total. The molecule has 1 aromatic heterocycles. The molecular formula is C19H22N4O2S. The summed E-state index contributed by atoms with van der Waals surface area (Å²) in [6.07, 6.45) is 4.57. The second-order valence-corrected chi connectivity index (χ2v) is 7.89. The summed E-state index contributed by atoms with van der Waals surface area (Å²) >= 11 is 1.23. The van der Waals surface area contributed by atoms with Crippen LogP contribution in [-0.4, -0.2) is 38.8 Å².